The number of hydrogen-bond donors (Lipinski definition) is 2. The molecule has 1 aromatic rings. The number of nitrogens with one attached hydrogen (secondary N) is 1. The molecule has 1 heterocycles. The van der Waals surface area contributed by atoms with Crippen molar-refractivity contribution in [3.8, 4) is 6.07 Å². The van der Waals surface area contributed by atoms with Gasteiger partial charge in [-0.05, 0) is 43.7 Å². The molecule has 4 heteroatoms. The maximum Gasteiger partial charge on any atom is 0.110 e. The fraction of sp³-hybridized carbons (Fsp3) is 0.643. The van der Waals surface area contributed by atoms with E-state index >= 15 is 0 Å². The highest BCUT2D eigenvalue weighted by Crippen LogP contribution is 2.32. The summed E-state index contributed by atoms with van der Waals surface area (Å²) < 4.78 is 0. The average Bonchev–Trinajstić information content (AvgIpc) is 2.87. The van der Waals surface area contributed by atoms with Gasteiger partial charge in [-0.25, -0.2) is 0 Å². The topological polar surface area (TPSA) is 56.0 Å². The predicted molar refractivity (Wildman–Crippen MR) is 73.3 cm³/mol. The van der Waals surface area contributed by atoms with E-state index in [0.29, 0.717) is 0 Å². The highest BCUT2D eigenvalue weighted by molar-refractivity contribution is 7.12. The maximum atomic E-state index is 9.65. The molecule has 18 heavy (non-hydrogen) atoms. The van der Waals surface area contributed by atoms with E-state index in [0.717, 1.165) is 35.1 Å². The first-order valence-corrected chi connectivity index (χ1v) is 7.34. The van der Waals surface area contributed by atoms with E-state index in [4.69, 9.17) is 5.26 Å². The molecule has 0 saturated heterocycles. The summed E-state index contributed by atoms with van der Waals surface area (Å²) in [5.41, 5.74) is -0.108. The lowest BCUT2D eigenvalue weighted by Crippen LogP contribution is -2.50. The Labute approximate surface area is 112 Å². The number of aliphatic hydroxyl groups excluding tert-OH is 1. The number of thiophene rings is 1. The van der Waals surface area contributed by atoms with Crippen molar-refractivity contribution in [2.75, 3.05) is 6.61 Å². The van der Waals surface area contributed by atoms with E-state index < -0.39 is 0 Å². The maximum absolute atomic E-state index is 9.65. The molecule has 98 valence electrons. The Hall–Kier alpha value is -0.890. The van der Waals surface area contributed by atoms with Crippen LogP contribution in [-0.2, 0) is 6.54 Å². The van der Waals surface area contributed by atoms with Crippen LogP contribution < -0.4 is 5.32 Å². The van der Waals surface area contributed by atoms with Gasteiger partial charge in [0, 0.05) is 17.0 Å². The van der Waals surface area contributed by atoms with Crippen LogP contribution in [0, 0.1) is 17.2 Å². The highest BCUT2D eigenvalue weighted by Gasteiger charge is 2.32. The molecule has 1 aliphatic carbocycles. The van der Waals surface area contributed by atoms with Crippen molar-refractivity contribution in [3.63, 3.8) is 0 Å². The van der Waals surface area contributed by atoms with E-state index in [1.165, 1.54) is 24.2 Å². The predicted octanol–water partition coefficient (Wildman–Crippen LogP) is 2.65. The molecule has 1 fully saturated rings. The monoisotopic (exact) mass is 264 g/mol. The fourth-order valence-electron chi connectivity index (χ4n) is 2.51. The van der Waals surface area contributed by atoms with Gasteiger partial charge in [-0.15, -0.1) is 11.3 Å². The molecule has 0 spiro atoms. The lowest BCUT2D eigenvalue weighted by molar-refractivity contribution is 0.104. The summed E-state index contributed by atoms with van der Waals surface area (Å²) in [6.07, 6.45) is 4.45. The largest absolute Gasteiger partial charge is 0.394 e. The second-order valence-corrected chi connectivity index (χ2v) is 6.52. The normalized spacial score (nSPS) is 27.9. The van der Waals surface area contributed by atoms with Crippen LogP contribution in [0.1, 0.15) is 42.4 Å². The average molecular weight is 264 g/mol. The minimum absolute atomic E-state index is 0.108. The molecule has 0 atom stereocenters. The quantitative estimate of drug-likeness (QED) is 0.879. The van der Waals surface area contributed by atoms with Gasteiger partial charge in [0.15, 0.2) is 0 Å². The summed E-state index contributed by atoms with van der Waals surface area (Å²) in [6.45, 7) is 3.23. The molecule has 2 N–H and O–H groups in total. The summed E-state index contributed by atoms with van der Waals surface area (Å²) in [5.74, 6) is 0.776. The van der Waals surface area contributed by atoms with Crippen molar-refractivity contribution in [1.29, 1.82) is 5.26 Å². The van der Waals surface area contributed by atoms with Crippen LogP contribution in [0.5, 0.6) is 0 Å². The van der Waals surface area contributed by atoms with Gasteiger partial charge >= 0.3 is 0 Å². The van der Waals surface area contributed by atoms with Crippen LogP contribution in [0.2, 0.25) is 0 Å². The summed E-state index contributed by atoms with van der Waals surface area (Å²) >= 11 is 1.53. The first-order chi connectivity index (χ1) is 8.67. The smallest absolute Gasteiger partial charge is 0.110 e. The Bertz CT molecular complexity index is 427. The van der Waals surface area contributed by atoms with Gasteiger partial charge in [-0.2, -0.15) is 5.26 Å². The lowest BCUT2D eigenvalue weighted by Gasteiger charge is -2.39. The van der Waals surface area contributed by atoms with Crippen molar-refractivity contribution < 1.29 is 5.11 Å². The number of rotatable bonds is 4. The molecule has 3 nitrogen and oxygen atoms in total. The first-order valence-electron chi connectivity index (χ1n) is 6.52. The third-order valence-corrected chi connectivity index (χ3v) is 4.93. The minimum Gasteiger partial charge on any atom is -0.394 e. The van der Waals surface area contributed by atoms with Gasteiger partial charge in [0.1, 0.15) is 10.9 Å². The van der Waals surface area contributed by atoms with Crippen molar-refractivity contribution in [3.05, 3.63) is 21.9 Å². The summed E-state index contributed by atoms with van der Waals surface area (Å²) in [6, 6.07) is 6.01. The number of nitrogens with zero attached hydrogens (tertiary/aromatic N) is 1. The Balaban J connectivity index is 1.93. The molecule has 0 aliphatic heterocycles. The zero-order valence-corrected chi connectivity index (χ0v) is 11.6. The molecule has 1 saturated carbocycles. The summed E-state index contributed by atoms with van der Waals surface area (Å²) in [5, 5.41) is 21.9. The molecule has 0 unspecified atom stereocenters. The fourth-order valence-corrected chi connectivity index (χ4v) is 3.26. The van der Waals surface area contributed by atoms with Crippen LogP contribution in [0.15, 0.2) is 12.1 Å². The summed E-state index contributed by atoms with van der Waals surface area (Å²) in [4.78, 5) is 1.92. The standard InChI is InChI=1S/C14H20N2OS/c1-11-4-6-14(10-17,7-5-11)16-9-13-3-2-12(8-15)18-13/h2-3,11,16-17H,4-7,9-10H2,1H3. The van der Waals surface area contributed by atoms with E-state index in [1.807, 2.05) is 12.1 Å². The summed E-state index contributed by atoms with van der Waals surface area (Å²) in [7, 11) is 0. The van der Waals surface area contributed by atoms with Crippen molar-refractivity contribution in [2.24, 2.45) is 5.92 Å². The molecular formula is C14H20N2OS. The lowest BCUT2D eigenvalue weighted by atomic mass is 9.77. The second-order valence-electron chi connectivity index (χ2n) is 5.35. The molecule has 0 amide bonds. The molecule has 0 aromatic carbocycles. The van der Waals surface area contributed by atoms with Crippen LogP contribution in [0.25, 0.3) is 0 Å². The van der Waals surface area contributed by atoms with Crippen molar-refractivity contribution in [1.82, 2.24) is 5.32 Å². The molecular weight excluding hydrogens is 244 g/mol. The van der Waals surface area contributed by atoms with Crippen molar-refractivity contribution in [2.45, 2.75) is 44.7 Å². The van der Waals surface area contributed by atoms with Gasteiger partial charge in [-0.3, -0.25) is 0 Å². The third kappa shape index (κ3) is 3.11. The van der Waals surface area contributed by atoms with Gasteiger partial charge in [0.25, 0.3) is 0 Å². The van der Waals surface area contributed by atoms with Gasteiger partial charge in [0.2, 0.25) is 0 Å². The Morgan fingerprint density at radius 3 is 2.78 bits per heavy atom. The molecule has 1 aromatic heterocycles. The van der Waals surface area contributed by atoms with Crippen LogP contribution in [0.3, 0.4) is 0 Å². The number of aliphatic hydroxyl groups is 1. The van der Waals surface area contributed by atoms with Crippen LogP contribution in [0.4, 0.5) is 0 Å². The first kappa shape index (κ1) is 13.5. The zero-order chi connectivity index (χ0) is 13.0. The van der Waals surface area contributed by atoms with Gasteiger partial charge < -0.3 is 10.4 Å². The third-order valence-electron chi connectivity index (χ3n) is 3.94. The Morgan fingerprint density at radius 2 is 2.22 bits per heavy atom. The van der Waals surface area contributed by atoms with E-state index in [-0.39, 0.29) is 12.1 Å². The SMILES string of the molecule is CC1CCC(CO)(NCc2ccc(C#N)s2)CC1. The zero-order valence-electron chi connectivity index (χ0n) is 10.8. The van der Waals surface area contributed by atoms with Crippen molar-refractivity contribution >= 4 is 11.3 Å². The van der Waals surface area contributed by atoms with E-state index in [9.17, 15) is 5.11 Å². The Kier molecular flexibility index (Phi) is 4.39. The highest BCUT2D eigenvalue weighted by atomic mass is 32.1. The molecule has 2 rings (SSSR count). The molecule has 0 bridgehead atoms. The van der Waals surface area contributed by atoms with E-state index in [2.05, 4.69) is 18.3 Å². The van der Waals surface area contributed by atoms with Gasteiger partial charge in [-0.1, -0.05) is 6.92 Å². The van der Waals surface area contributed by atoms with E-state index in [1.54, 1.807) is 0 Å². The van der Waals surface area contributed by atoms with Gasteiger partial charge in [0.05, 0.1) is 6.61 Å². The second kappa shape index (κ2) is 5.83. The molecule has 1 aliphatic rings. The Morgan fingerprint density at radius 1 is 1.50 bits per heavy atom. The number of hydrogen-bond acceptors (Lipinski definition) is 4. The van der Waals surface area contributed by atoms with Crippen LogP contribution in [-0.4, -0.2) is 17.3 Å². The van der Waals surface area contributed by atoms with Crippen LogP contribution >= 0.6 is 11.3 Å². The number of nitriles is 1. The molecule has 0 radical (unpaired) electrons. The minimum atomic E-state index is -0.108.